The van der Waals surface area contributed by atoms with Crippen LogP contribution in [0.5, 0.6) is 5.75 Å². The molecule has 1 aromatic rings. The van der Waals surface area contributed by atoms with E-state index in [1.54, 1.807) is 0 Å². The number of rotatable bonds is 4. The summed E-state index contributed by atoms with van der Waals surface area (Å²) in [4.78, 5) is 0. The summed E-state index contributed by atoms with van der Waals surface area (Å²) in [6, 6.07) is 8.53. The lowest BCUT2D eigenvalue weighted by Crippen LogP contribution is -2.48. The van der Waals surface area contributed by atoms with Crippen molar-refractivity contribution >= 4 is 0 Å². The minimum absolute atomic E-state index is 0.0797. The largest absolute Gasteiger partial charge is 0.465 e. The molecule has 3 heteroatoms. The lowest BCUT2D eigenvalue weighted by molar-refractivity contribution is -0.190. The summed E-state index contributed by atoms with van der Waals surface area (Å²) in [7, 11) is 0. The molecule has 5 rings (SSSR count). The van der Waals surface area contributed by atoms with E-state index in [1.165, 1.54) is 31.2 Å². The van der Waals surface area contributed by atoms with Gasteiger partial charge in [-0.25, -0.2) is 0 Å². The van der Waals surface area contributed by atoms with Gasteiger partial charge in [-0.05, 0) is 68.1 Å². The molecule has 3 aliphatic heterocycles. The predicted molar refractivity (Wildman–Crippen MR) is 89.5 cm³/mol. The maximum atomic E-state index is 6.40. The maximum Gasteiger partial charge on any atom is 0.199 e. The highest BCUT2D eigenvalue weighted by Crippen LogP contribution is 2.55. The van der Waals surface area contributed by atoms with Crippen LogP contribution in [0.3, 0.4) is 0 Å². The molecule has 23 heavy (non-hydrogen) atoms. The number of hydrogen-bond donors (Lipinski definition) is 0. The molecule has 4 fully saturated rings. The van der Waals surface area contributed by atoms with Crippen LogP contribution in [0.2, 0.25) is 0 Å². The first-order valence-corrected chi connectivity index (χ1v) is 9.27. The fraction of sp³-hybridized carbons (Fsp3) is 0.700. The molecule has 4 aliphatic rings. The van der Waals surface area contributed by atoms with E-state index in [-0.39, 0.29) is 11.9 Å². The Kier molecular flexibility index (Phi) is 4.10. The fourth-order valence-electron chi connectivity index (χ4n) is 4.40. The van der Waals surface area contributed by atoms with Gasteiger partial charge in [-0.2, -0.15) is 0 Å². The molecule has 1 aliphatic carbocycles. The first-order chi connectivity index (χ1) is 11.2. The van der Waals surface area contributed by atoms with Gasteiger partial charge in [-0.3, -0.25) is 0 Å². The van der Waals surface area contributed by atoms with Gasteiger partial charge in [0.2, 0.25) is 0 Å². The summed E-state index contributed by atoms with van der Waals surface area (Å²) in [5, 5.41) is 0. The molecular weight excluding hydrogens is 288 g/mol. The molecule has 0 radical (unpaired) electrons. The van der Waals surface area contributed by atoms with Crippen LogP contribution in [-0.4, -0.2) is 19.5 Å². The van der Waals surface area contributed by atoms with Crippen molar-refractivity contribution < 1.29 is 14.2 Å². The highest BCUT2D eigenvalue weighted by atomic mass is 16.7. The maximum absolute atomic E-state index is 6.40. The van der Waals surface area contributed by atoms with Crippen LogP contribution in [-0.2, 0) is 15.1 Å². The molecule has 1 unspecified atom stereocenters. The van der Waals surface area contributed by atoms with Gasteiger partial charge in [0.1, 0.15) is 5.75 Å². The first kappa shape index (κ1) is 15.5. The minimum atomic E-state index is -0.0807. The fourth-order valence-corrected chi connectivity index (χ4v) is 4.40. The lowest BCUT2D eigenvalue weighted by atomic mass is 9.63. The molecule has 1 atom stereocenters. The number of ether oxygens (including phenoxy) is 3. The van der Waals surface area contributed by atoms with Crippen LogP contribution in [0.4, 0.5) is 0 Å². The van der Waals surface area contributed by atoms with E-state index in [9.17, 15) is 0 Å². The second-order valence-corrected chi connectivity index (χ2v) is 7.58. The number of fused-ring (bicyclic) bond motifs is 3. The zero-order chi connectivity index (χ0) is 15.8. The Balaban J connectivity index is 1.50. The van der Waals surface area contributed by atoms with Gasteiger partial charge in [-0.15, -0.1) is 0 Å². The Hall–Kier alpha value is -1.06. The number of benzene rings is 1. The Labute approximate surface area is 139 Å². The van der Waals surface area contributed by atoms with Gasteiger partial charge in [0.25, 0.3) is 0 Å². The normalized spacial score (nSPS) is 36.8. The summed E-state index contributed by atoms with van der Waals surface area (Å²) in [5.74, 6) is 0.922. The average Bonchev–Trinajstić information content (AvgIpc) is 2.64. The molecule has 126 valence electrons. The summed E-state index contributed by atoms with van der Waals surface area (Å²) in [6.45, 7) is 4.04. The third-order valence-electron chi connectivity index (χ3n) is 6.29. The van der Waals surface area contributed by atoms with E-state index in [0.29, 0.717) is 5.41 Å². The third kappa shape index (κ3) is 2.89. The first-order valence-electron chi connectivity index (χ1n) is 9.27. The van der Waals surface area contributed by atoms with Gasteiger partial charge >= 0.3 is 0 Å². The summed E-state index contributed by atoms with van der Waals surface area (Å²) >= 11 is 0. The Bertz CT molecular complexity index is 523. The highest BCUT2D eigenvalue weighted by Gasteiger charge is 2.49. The van der Waals surface area contributed by atoms with Gasteiger partial charge in [-0.1, -0.05) is 19.1 Å². The van der Waals surface area contributed by atoms with E-state index < -0.39 is 0 Å². The monoisotopic (exact) mass is 316 g/mol. The standard InChI is InChI=1S/C20H28O3/c1-2-19-9-11-20(12-10-19,22-15-19)16-6-5-7-17(14-16)23-18-8-3-4-13-21-18/h5-7,14,18H,2-4,8-13,15H2,1H3. The van der Waals surface area contributed by atoms with E-state index in [4.69, 9.17) is 14.2 Å². The van der Waals surface area contributed by atoms with Crippen LogP contribution < -0.4 is 4.74 Å². The van der Waals surface area contributed by atoms with Crippen molar-refractivity contribution in [3.63, 3.8) is 0 Å². The Morgan fingerprint density at radius 3 is 2.70 bits per heavy atom. The van der Waals surface area contributed by atoms with Crippen LogP contribution in [0.25, 0.3) is 0 Å². The molecule has 0 N–H and O–H groups in total. The van der Waals surface area contributed by atoms with E-state index in [0.717, 1.165) is 44.6 Å². The molecule has 1 aromatic carbocycles. The van der Waals surface area contributed by atoms with Gasteiger partial charge < -0.3 is 14.2 Å². The van der Waals surface area contributed by atoms with Crippen molar-refractivity contribution in [2.24, 2.45) is 5.41 Å². The number of hydrogen-bond acceptors (Lipinski definition) is 3. The van der Waals surface area contributed by atoms with Crippen LogP contribution in [0.15, 0.2) is 24.3 Å². The van der Waals surface area contributed by atoms with Gasteiger partial charge in [0.05, 0.1) is 18.8 Å². The minimum Gasteiger partial charge on any atom is -0.465 e. The van der Waals surface area contributed by atoms with Gasteiger partial charge in [0.15, 0.2) is 6.29 Å². The molecule has 0 amide bonds. The topological polar surface area (TPSA) is 27.7 Å². The molecule has 1 saturated carbocycles. The molecule has 0 spiro atoms. The second kappa shape index (κ2) is 6.10. The molecule has 3 nitrogen and oxygen atoms in total. The molecule has 2 bridgehead atoms. The summed E-state index contributed by atoms with van der Waals surface area (Å²) in [6.07, 6.45) is 9.36. The van der Waals surface area contributed by atoms with E-state index >= 15 is 0 Å². The van der Waals surface area contributed by atoms with Crippen molar-refractivity contribution in [3.8, 4) is 5.75 Å². The van der Waals surface area contributed by atoms with Gasteiger partial charge in [0, 0.05) is 6.42 Å². The summed E-state index contributed by atoms with van der Waals surface area (Å²) < 4.78 is 18.2. The average molecular weight is 316 g/mol. The third-order valence-corrected chi connectivity index (χ3v) is 6.29. The quantitative estimate of drug-likeness (QED) is 0.799. The zero-order valence-corrected chi connectivity index (χ0v) is 14.2. The van der Waals surface area contributed by atoms with Crippen molar-refractivity contribution in [2.75, 3.05) is 13.2 Å². The van der Waals surface area contributed by atoms with E-state index in [2.05, 4.69) is 25.1 Å². The SMILES string of the molecule is CCC12CCC(c3cccc(OC4CCCCO4)c3)(CC1)OC2. The Morgan fingerprint density at radius 1 is 1.17 bits per heavy atom. The molecule has 0 aromatic heterocycles. The molecule has 3 heterocycles. The van der Waals surface area contributed by atoms with Crippen LogP contribution in [0.1, 0.15) is 63.9 Å². The summed E-state index contributed by atoms with van der Waals surface area (Å²) in [5.41, 5.74) is 1.66. The smallest absolute Gasteiger partial charge is 0.199 e. The second-order valence-electron chi connectivity index (χ2n) is 7.58. The zero-order valence-electron chi connectivity index (χ0n) is 14.2. The molecule has 3 saturated heterocycles. The molecular formula is C20H28O3. The lowest BCUT2D eigenvalue weighted by Gasteiger charge is -2.53. The van der Waals surface area contributed by atoms with Crippen molar-refractivity contribution in [1.82, 2.24) is 0 Å². The van der Waals surface area contributed by atoms with Crippen LogP contribution in [0, 0.1) is 5.41 Å². The van der Waals surface area contributed by atoms with Crippen molar-refractivity contribution in [2.45, 2.75) is 70.2 Å². The predicted octanol–water partition coefficient (Wildman–Crippen LogP) is 4.79. The highest BCUT2D eigenvalue weighted by molar-refractivity contribution is 5.34. The van der Waals surface area contributed by atoms with Crippen molar-refractivity contribution in [1.29, 1.82) is 0 Å². The van der Waals surface area contributed by atoms with Crippen molar-refractivity contribution in [3.05, 3.63) is 29.8 Å². The van der Waals surface area contributed by atoms with E-state index in [1.807, 2.05) is 6.07 Å². The Morgan fingerprint density at radius 2 is 2.04 bits per heavy atom. The van der Waals surface area contributed by atoms with Crippen LogP contribution >= 0.6 is 0 Å².